The molecular formula is C11H10BrN3OS. The van der Waals surface area contributed by atoms with Crippen molar-refractivity contribution in [1.82, 2.24) is 10.3 Å². The predicted molar refractivity (Wildman–Crippen MR) is 71.8 cm³/mol. The van der Waals surface area contributed by atoms with E-state index in [1.54, 1.807) is 29.9 Å². The zero-order valence-electron chi connectivity index (χ0n) is 8.81. The van der Waals surface area contributed by atoms with Gasteiger partial charge in [-0.1, -0.05) is 0 Å². The first-order valence-corrected chi connectivity index (χ1v) is 6.54. The highest BCUT2D eigenvalue weighted by molar-refractivity contribution is 9.10. The van der Waals surface area contributed by atoms with Crippen LogP contribution in [0.15, 0.2) is 34.4 Å². The molecule has 1 aromatic heterocycles. The maximum Gasteiger partial charge on any atom is 0.251 e. The third-order valence-corrected chi connectivity index (χ3v) is 3.64. The van der Waals surface area contributed by atoms with Crippen molar-refractivity contribution in [1.29, 1.82) is 0 Å². The zero-order chi connectivity index (χ0) is 12.3. The Kier molecular flexibility index (Phi) is 3.75. The molecule has 0 bridgehead atoms. The topological polar surface area (TPSA) is 68.0 Å². The predicted octanol–water partition coefficient (Wildman–Crippen LogP) is 2.42. The minimum atomic E-state index is -0.126. The maximum absolute atomic E-state index is 11.8. The van der Waals surface area contributed by atoms with E-state index in [1.807, 2.05) is 0 Å². The summed E-state index contributed by atoms with van der Waals surface area (Å²) in [5, 5.41) is 2.82. The summed E-state index contributed by atoms with van der Waals surface area (Å²) in [4.78, 5) is 16.8. The van der Waals surface area contributed by atoms with Crippen LogP contribution in [0.1, 0.15) is 15.2 Å². The number of nitrogens with zero attached hydrogens (tertiary/aromatic N) is 1. The molecule has 0 radical (unpaired) electrons. The van der Waals surface area contributed by atoms with E-state index in [2.05, 4.69) is 26.2 Å². The molecule has 0 aliphatic carbocycles. The molecule has 0 fully saturated rings. The number of nitrogens with one attached hydrogen (secondary N) is 1. The number of hydrogen-bond acceptors (Lipinski definition) is 4. The minimum Gasteiger partial charge on any atom is -0.398 e. The van der Waals surface area contributed by atoms with Gasteiger partial charge in [0.1, 0.15) is 0 Å². The van der Waals surface area contributed by atoms with Gasteiger partial charge in [-0.15, -0.1) is 11.3 Å². The van der Waals surface area contributed by atoms with Crippen LogP contribution in [0.5, 0.6) is 0 Å². The maximum atomic E-state index is 11.8. The van der Waals surface area contributed by atoms with E-state index in [4.69, 9.17) is 5.73 Å². The zero-order valence-corrected chi connectivity index (χ0v) is 11.2. The molecule has 1 heterocycles. The van der Waals surface area contributed by atoms with E-state index in [-0.39, 0.29) is 5.91 Å². The first kappa shape index (κ1) is 12.1. The third kappa shape index (κ3) is 3.04. The lowest BCUT2D eigenvalue weighted by Gasteiger charge is -2.05. The molecule has 88 valence electrons. The van der Waals surface area contributed by atoms with Crippen molar-refractivity contribution in [2.75, 3.05) is 5.73 Å². The summed E-state index contributed by atoms with van der Waals surface area (Å²) in [5.41, 5.74) is 8.59. The fourth-order valence-corrected chi connectivity index (χ4v) is 2.18. The molecule has 0 aliphatic rings. The summed E-state index contributed by atoms with van der Waals surface area (Å²) in [6.07, 6.45) is 1.74. The molecule has 1 amide bonds. The summed E-state index contributed by atoms with van der Waals surface area (Å²) in [5.74, 6) is -0.126. The normalized spacial score (nSPS) is 10.2. The average Bonchev–Trinajstić information content (AvgIpc) is 2.82. The Morgan fingerprint density at radius 2 is 2.35 bits per heavy atom. The first-order chi connectivity index (χ1) is 8.16. The van der Waals surface area contributed by atoms with Crippen LogP contribution >= 0.6 is 27.3 Å². The van der Waals surface area contributed by atoms with Crippen molar-refractivity contribution in [2.24, 2.45) is 0 Å². The Hall–Kier alpha value is -1.40. The summed E-state index contributed by atoms with van der Waals surface area (Å²) in [6, 6.07) is 5.10. The van der Waals surface area contributed by atoms with Gasteiger partial charge < -0.3 is 11.1 Å². The number of aromatic nitrogens is 1. The molecule has 1 aromatic carbocycles. The summed E-state index contributed by atoms with van der Waals surface area (Å²) >= 11 is 4.80. The standard InChI is InChI=1S/C11H10BrN3OS/c12-9-3-7(1-2-10(9)13)11(16)15-5-8-4-14-6-17-8/h1-4,6H,5,13H2,(H,15,16). The smallest absolute Gasteiger partial charge is 0.251 e. The average molecular weight is 312 g/mol. The number of carbonyl (C=O) groups excluding carboxylic acids is 1. The number of thiazole rings is 1. The van der Waals surface area contributed by atoms with Gasteiger partial charge in [0.2, 0.25) is 0 Å². The number of carbonyl (C=O) groups is 1. The van der Waals surface area contributed by atoms with Crippen LogP contribution in [0, 0.1) is 0 Å². The van der Waals surface area contributed by atoms with Crippen molar-refractivity contribution in [3.05, 3.63) is 44.8 Å². The molecule has 0 unspecified atom stereocenters. The number of amides is 1. The number of halogens is 1. The molecule has 4 nitrogen and oxygen atoms in total. The number of benzene rings is 1. The number of hydrogen-bond donors (Lipinski definition) is 2. The van der Waals surface area contributed by atoms with Gasteiger partial charge in [-0.25, -0.2) is 0 Å². The first-order valence-electron chi connectivity index (χ1n) is 4.87. The van der Waals surface area contributed by atoms with Gasteiger partial charge in [-0.2, -0.15) is 0 Å². The lowest BCUT2D eigenvalue weighted by molar-refractivity contribution is 0.0951. The van der Waals surface area contributed by atoms with Crippen molar-refractivity contribution < 1.29 is 4.79 Å². The molecule has 0 saturated heterocycles. The second kappa shape index (κ2) is 5.29. The highest BCUT2D eigenvalue weighted by atomic mass is 79.9. The van der Waals surface area contributed by atoms with E-state index in [1.165, 1.54) is 11.3 Å². The quantitative estimate of drug-likeness (QED) is 0.855. The Morgan fingerprint density at radius 1 is 1.53 bits per heavy atom. The van der Waals surface area contributed by atoms with Crippen molar-refractivity contribution in [3.63, 3.8) is 0 Å². The Balaban J connectivity index is 2.02. The summed E-state index contributed by atoms with van der Waals surface area (Å²) in [7, 11) is 0. The summed E-state index contributed by atoms with van der Waals surface area (Å²) in [6.45, 7) is 0.492. The molecular weight excluding hydrogens is 302 g/mol. The number of rotatable bonds is 3. The van der Waals surface area contributed by atoms with E-state index in [0.717, 1.165) is 9.35 Å². The van der Waals surface area contributed by atoms with Gasteiger partial charge in [0.05, 0.1) is 12.1 Å². The Labute approximate surface area is 111 Å². The second-order valence-electron chi connectivity index (χ2n) is 3.39. The van der Waals surface area contributed by atoms with Crippen molar-refractivity contribution >= 4 is 38.9 Å². The number of nitrogen functional groups attached to an aromatic ring is 1. The van der Waals surface area contributed by atoms with Gasteiger partial charge in [0.15, 0.2) is 0 Å². The highest BCUT2D eigenvalue weighted by Crippen LogP contribution is 2.20. The van der Waals surface area contributed by atoms with Crippen LogP contribution in [0.4, 0.5) is 5.69 Å². The fraction of sp³-hybridized carbons (Fsp3) is 0.0909. The fourth-order valence-electron chi connectivity index (χ4n) is 1.27. The second-order valence-corrected chi connectivity index (χ2v) is 5.21. The van der Waals surface area contributed by atoms with Crippen LogP contribution in [0.25, 0.3) is 0 Å². The molecule has 2 aromatic rings. The molecule has 0 aliphatic heterocycles. The van der Waals surface area contributed by atoms with Gasteiger partial charge in [-0.05, 0) is 34.1 Å². The van der Waals surface area contributed by atoms with Gasteiger partial charge >= 0.3 is 0 Å². The van der Waals surface area contributed by atoms with E-state index < -0.39 is 0 Å². The molecule has 0 atom stereocenters. The van der Waals surface area contributed by atoms with Crippen molar-refractivity contribution in [3.8, 4) is 0 Å². The highest BCUT2D eigenvalue weighted by Gasteiger charge is 2.07. The van der Waals surface area contributed by atoms with Crippen LogP contribution in [0.2, 0.25) is 0 Å². The van der Waals surface area contributed by atoms with E-state index in [0.29, 0.717) is 17.8 Å². The van der Waals surface area contributed by atoms with Gasteiger partial charge in [-0.3, -0.25) is 9.78 Å². The van der Waals surface area contributed by atoms with Crippen molar-refractivity contribution in [2.45, 2.75) is 6.54 Å². The lowest BCUT2D eigenvalue weighted by Crippen LogP contribution is -2.22. The third-order valence-electron chi connectivity index (χ3n) is 2.17. The monoisotopic (exact) mass is 311 g/mol. The number of nitrogens with two attached hydrogens (primary N) is 1. The molecule has 6 heteroatoms. The Morgan fingerprint density at radius 3 is 3.00 bits per heavy atom. The van der Waals surface area contributed by atoms with E-state index in [9.17, 15) is 4.79 Å². The molecule has 3 N–H and O–H groups in total. The lowest BCUT2D eigenvalue weighted by atomic mass is 10.2. The SMILES string of the molecule is Nc1ccc(C(=O)NCc2cncs2)cc1Br. The largest absolute Gasteiger partial charge is 0.398 e. The van der Waals surface area contributed by atoms with Gasteiger partial charge in [0, 0.05) is 26.8 Å². The summed E-state index contributed by atoms with van der Waals surface area (Å²) < 4.78 is 0.725. The number of anilines is 1. The minimum absolute atomic E-state index is 0.126. The van der Waals surface area contributed by atoms with Crippen LogP contribution in [0.3, 0.4) is 0 Å². The van der Waals surface area contributed by atoms with Crippen LogP contribution < -0.4 is 11.1 Å². The van der Waals surface area contributed by atoms with Gasteiger partial charge in [0.25, 0.3) is 5.91 Å². The molecule has 2 rings (SSSR count). The van der Waals surface area contributed by atoms with Crippen LogP contribution in [-0.4, -0.2) is 10.9 Å². The molecule has 0 spiro atoms. The molecule has 17 heavy (non-hydrogen) atoms. The Bertz CT molecular complexity index is 528. The molecule has 0 saturated carbocycles. The van der Waals surface area contributed by atoms with E-state index >= 15 is 0 Å². The van der Waals surface area contributed by atoms with Crippen LogP contribution in [-0.2, 0) is 6.54 Å².